The van der Waals surface area contributed by atoms with Gasteiger partial charge in [0.2, 0.25) is 5.91 Å². The fourth-order valence-electron chi connectivity index (χ4n) is 3.21. The van der Waals surface area contributed by atoms with Gasteiger partial charge in [-0.15, -0.1) is 0 Å². The van der Waals surface area contributed by atoms with E-state index < -0.39 is 0 Å². The summed E-state index contributed by atoms with van der Waals surface area (Å²) in [6.07, 6.45) is 1.88. The fourth-order valence-corrected chi connectivity index (χ4v) is 3.21. The Bertz CT molecular complexity index is 621. The molecule has 1 N–H and O–H groups in total. The summed E-state index contributed by atoms with van der Waals surface area (Å²) >= 11 is 0. The van der Waals surface area contributed by atoms with Crippen molar-refractivity contribution in [1.82, 2.24) is 5.32 Å². The first-order chi connectivity index (χ1) is 11.0. The van der Waals surface area contributed by atoms with Crippen molar-refractivity contribution < 1.29 is 14.3 Å². The Morgan fingerprint density at radius 3 is 2.74 bits per heavy atom. The number of amides is 1. The van der Waals surface area contributed by atoms with E-state index in [9.17, 15) is 9.59 Å². The molecule has 0 bridgehead atoms. The Balaban J connectivity index is 1.92. The van der Waals surface area contributed by atoms with Gasteiger partial charge in [-0.1, -0.05) is 13.8 Å². The molecule has 5 nitrogen and oxygen atoms in total. The first kappa shape index (κ1) is 16.0. The minimum Gasteiger partial charge on any atom is -0.486 e. The highest BCUT2D eigenvalue weighted by atomic mass is 16.5. The highest BCUT2D eigenvalue weighted by Crippen LogP contribution is 2.36. The van der Waals surface area contributed by atoms with Crippen molar-refractivity contribution in [2.45, 2.75) is 45.8 Å². The molecule has 2 atom stereocenters. The minimum absolute atomic E-state index is 0.0237. The smallest absolute Gasteiger partial charge is 0.224 e. The number of fused-ring (bicyclic) bond motifs is 1. The lowest BCUT2D eigenvalue weighted by Gasteiger charge is -2.36. The molecule has 3 rings (SSSR count). The molecule has 5 heteroatoms. The Morgan fingerprint density at radius 1 is 1.35 bits per heavy atom. The molecule has 2 unspecified atom stereocenters. The normalized spacial score (nSPS) is 23.6. The van der Waals surface area contributed by atoms with Crippen LogP contribution < -0.4 is 15.0 Å². The van der Waals surface area contributed by atoms with Crippen molar-refractivity contribution >= 4 is 17.4 Å². The number of hydrogen-bond donors (Lipinski definition) is 1. The predicted molar refractivity (Wildman–Crippen MR) is 89.1 cm³/mol. The third-order valence-corrected chi connectivity index (χ3v) is 4.68. The molecule has 2 aliphatic rings. The molecule has 1 aromatic carbocycles. The van der Waals surface area contributed by atoms with Crippen molar-refractivity contribution in [2.24, 2.45) is 5.92 Å². The van der Waals surface area contributed by atoms with Crippen LogP contribution in [0.25, 0.3) is 0 Å². The Labute approximate surface area is 137 Å². The number of carbonyl (C=O) groups is 2. The first-order valence-corrected chi connectivity index (χ1v) is 8.33. The van der Waals surface area contributed by atoms with Gasteiger partial charge in [0.15, 0.2) is 5.78 Å². The summed E-state index contributed by atoms with van der Waals surface area (Å²) in [5.74, 6) is 1.07. The van der Waals surface area contributed by atoms with Crippen LogP contribution in [0.5, 0.6) is 5.75 Å². The lowest BCUT2D eigenvalue weighted by Crippen LogP contribution is -2.45. The van der Waals surface area contributed by atoms with Gasteiger partial charge in [-0.05, 0) is 43.5 Å². The van der Waals surface area contributed by atoms with E-state index in [4.69, 9.17) is 4.74 Å². The quantitative estimate of drug-likeness (QED) is 0.870. The molecule has 2 aliphatic heterocycles. The van der Waals surface area contributed by atoms with Crippen molar-refractivity contribution in [3.63, 3.8) is 0 Å². The largest absolute Gasteiger partial charge is 0.486 e. The molecule has 0 radical (unpaired) electrons. The van der Waals surface area contributed by atoms with E-state index in [0.717, 1.165) is 19.4 Å². The highest BCUT2D eigenvalue weighted by Gasteiger charge is 2.31. The van der Waals surface area contributed by atoms with Gasteiger partial charge in [0.05, 0.1) is 18.3 Å². The fraction of sp³-hybridized carbons (Fsp3) is 0.556. The van der Waals surface area contributed by atoms with E-state index in [1.165, 1.54) is 0 Å². The van der Waals surface area contributed by atoms with Crippen LogP contribution in [-0.4, -0.2) is 36.9 Å². The van der Waals surface area contributed by atoms with Crippen LogP contribution in [0.4, 0.5) is 5.69 Å². The summed E-state index contributed by atoms with van der Waals surface area (Å²) in [4.78, 5) is 26.3. The average molecular weight is 316 g/mol. The second-order valence-corrected chi connectivity index (χ2v) is 6.73. The van der Waals surface area contributed by atoms with Crippen LogP contribution in [0.3, 0.4) is 0 Å². The molecular weight excluding hydrogens is 292 g/mol. The SMILES string of the molecule is CC(=O)N1CC(C(C)C)Oc2ccc(C(=O)C3CCCN3)cc21. The number of Topliss-reactive ketones (excluding diaryl/α,β-unsaturated/α-hetero) is 1. The van der Waals surface area contributed by atoms with E-state index in [1.54, 1.807) is 17.9 Å². The number of nitrogens with zero attached hydrogens (tertiary/aromatic N) is 1. The number of nitrogens with one attached hydrogen (secondary N) is 1. The summed E-state index contributed by atoms with van der Waals surface area (Å²) in [7, 11) is 0. The number of hydrogen-bond acceptors (Lipinski definition) is 4. The topological polar surface area (TPSA) is 58.6 Å². The lowest BCUT2D eigenvalue weighted by atomic mass is 9.99. The van der Waals surface area contributed by atoms with Gasteiger partial charge in [-0.3, -0.25) is 9.59 Å². The molecule has 2 heterocycles. The molecule has 0 aliphatic carbocycles. The van der Waals surface area contributed by atoms with E-state index >= 15 is 0 Å². The predicted octanol–water partition coefficient (Wildman–Crippen LogP) is 2.39. The van der Waals surface area contributed by atoms with Gasteiger partial charge in [0, 0.05) is 12.5 Å². The summed E-state index contributed by atoms with van der Waals surface area (Å²) in [5, 5.41) is 3.23. The van der Waals surface area contributed by atoms with Crippen LogP contribution in [0.15, 0.2) is 18.2 Å². The maximum atomic E-state index is 12.6. The van der Waals surface area contributed by atoms with Gasteiger partial charge < -0.3 is 15.0 Å². The Morgan fingerprint density at radius 2 is 2.13 bits per heavy atom. The van der Waals surface area contributed by atoms with Crippen molar-refractivity contribution in [2.75, 3.05) is 18.0 Å². The van der Waals surface area contributed by atoms with Gasteiger partial charge in [-0.25, -0.2) is 0 Å². The summed E-state index contributed by atoms with van der Waals surface area (Å²) in [5.41, 5.74) is 1.35. The number of anilines is 1. The zero-order valence-corrected chi connectivity index (χ0v) is 14.0. The average Bonchev–Trinajstić information content (AvgIpc) is 3.06. The van der Waals surface area contributed by atoms with Gasteiger partial charge in [0.1, 0.15) is 11.9 Å². The zero-order valence-electron chi connectivity index (χ0n) is 14.0. The Kier molecular flexibility index (Phi) is 4.39. The first-order valence-electron chi connectivity index (χ1n) is 8.33. The molecule has 0 aromatic heterocycles. The molecule has 23 heavy (non-hydrogen) atoms. The van der Waals surface area contributed by atoms with Crippen LogP contribution in [-0.2, 0) is 4.79 Å². The number of ketones is 1. The van der Waals surface area contributed by atoms with Crippen molar-refractivity contribution in [3.8, 4) is 5.75 Å². The monoisotopic (exact) mass is 316 g/mol. The Hall–Kier alpha value is -1.88. The second-order valence-electron chi connectivity index (χ2n) is 6.73. The maximum Gasteiger partial charge on any atom is 0.224 e. The molecular formula is C18H24N2O3. The number of carbonyl (C=O) groups excluding carboxylic acids is 2. The second kappa shape index (κ2) is 6.32. The van der Waals surface area contributed by atoms with E-state index in [0.29, 0.717) is 29.5 Å². The molecule has 1 amide bonds. The molecule has 1 fully saturated rings. The minimum atomic E-state index is -0.105. The number of ether oxygens (including phenoxy) is 1. The highest BCUT2D eigenvalue weighted by molar-refractivity contribution is 6.03. The number of benzene rings is 1. The van der Waals surface area contributed by atoms with Crippen LogP contribution in [0.2, 0.25) is 0 Å². The molecule has 0 saturated carbocycles. The van der Waals surface area contributed by atoms with E-state index in [2.05, 4.69) is 19.2 Å². The van der Waals surface area contributed by atoms with Crippen molar-refractivity contribution in [1.29, 1.82) is 0 Å². The summed E-state index contributed by atoms with van der Waals surface area (Å²) < 4.78 is 6.01. The van der Waals surface area contributed by atoms with Crippen LogP contribution in [0.1, 0.15) is 44.0 Å². The molecule has 0 spiro atoms. The maximum absolute atomic E-state index is 12.6. The van der Waals surface area contributed by atoms with E-state index in [-0.39, 0.29) is 23.8 Å². The zero-order chi connectivity index (χ0) is 16.6. The lowest BCUT2D eigenvalue weighted by molar-refractivity contribution is -0.117. The molecule has 124 valence electrons. The third-order valence-electron chi connectivity index (χ3n) is 4.68. The standard InChI is InChI=1S/C18H24N2O3/c1-11(2)17-10-20(12(3)21)15-9-13(6-7-16(15)23-17)18(22)14-5-4-8-19-14/h6-7,9,11,14,17,19H,4-5,8,10H2,1-3H3. The summed E-state index contributed by atoms with van der Waals surface area (Å²) in [6.45, 7) is 7.13. The van der Waals surface area contributed by atoms with E-state index in [1.807, 2.05) is 12.1 Å². The van der Waals surface area contributed by atoms with Gasteiger partial charge in [-0.2, -0.15) is 0 Å². The van der Waals surface area contributed by atoms with Gasteiger partial charge in [0.25, 0.3) is 0 Å². The molecule has 1 aromatic rings. The third kappa shape index (κ3) is 3.11. The van der Waals surface area contributed by atoms with Crippen LogP contribution in [0, 0.1) is 5.92 Å². The number of rotatable bonds is 3. The van der Waals surface area contributed by atoms with Crippen LogP contribution >= 0.6 is 0 Å². The van der Waals surface area contributed by atoms with Crippen molar-refractivity contribution in [3.05, 3.63) is 23.8 Å². The molecule has 1 saturated heterocycles. The van der Waals surface area contributed by atoms with Gasteiger partial charge >= 0.3 is 0 Å². The summed E-state index contributed by atoms with van der Waals surface area (Å²) in [6, 6.07) is 5.33.